The molecule has 1 heterocycles. The molecular weight excluding hydrogens is 378 g/mol. The van der Waals surface area contributed by atoms with Crippen LogP contribution in [0, 0.1) is 0 Å². The molecule has 4 rings (SSSR count). The fourth-order valence-corrected chi connectivity index (χ4v) is 4.40. The molecule has 8 heteroatoms. The van der Waals surface area contributed by atoms with Crippen LogP contribution in [-0.4, -0.2) is 33.3 Å². The summed E-state index contributed by atoms with van der Waals surface area (Å²) in [6.07, 6.45) is 5.81. The van der Waals surface area contributed by atoms with E-state index in [4.69, 9.17) is 4.42 Å². The summed E-state index contributed by atoms with van der Waals surface area (Å²) < 4.78 is 31.1. The largest absolute Gasteiger partial charge is 0.463 e. The van der Waals surface area contributed by atoms with E-state index in [-0.39, 0.29) is 6.54 Å². The van der Waals surface area contributed by atoms with Crippen molar-refractivity contribution in [3.8, 4) is 0 Å². The average Bonchev–Trinajstić information content (AvgIpc) is 3.31. The lowest BCUT2D eigenvalue weighted by atomic mass is 10.0. The Labute approximate surface area is 162 Å². The molecule has 1 N–H and O–H groups in total. The van der Waals surface area contributed by atoms with Crippen molar-refractivity contribution in [2.75, 3.05) is 17.1 Å². The van der Waals surface area contributed by atoms with Crippen LogP contribution in [0.25, 0.3) is 10.8 Å². The minimum atomic E-state index is -3.68. The van der Waals surface area contributed by atoms with Gasteiger partial charge >= 0.3 is 0 Å². The second-order valence-corrected chi connectivity index (χ2v) is 8.57. The molecule has 0 unspecified atom stereocenters. The second kappa shape index (κ2) is 7.12. The van der Waals surface area contributed by atoms with Crippen LogP contribution in [0.1, 0.15) is 16.9 Å². The number of nitrogens with zero attached hydrogens (tertiary/aromatic N) is 2. The molecule has 1 aliphatic rings. The Morgan fingerprint density at radius 3 is 2.68 bits per heavy atom. The topological polar surface area (TPSA) is 92.0 Å². The summed E-state index contributed by atoms with van der Waals surface area (Å²) in [6.45, 7) is -0.368. The Hall–Kier alpha value is -3.13. The smallest absolute Gasteiger partial charge is 0.260 e. The molecule has 0 bridgehead atoms. The summed E-state index contributed by atoms with van der Waals surface area (Å²) in [5.74, 6) is -0.0655. The number of hydrogen-bond acceptors (Lipinski definition) is 5. The molecule has 3 aromatic rings. The summed E-state index contributed by atoms with van der Waals surface area (Å²) in [5, 5.41) is 5.73. The number of aryl methyl sites for hydroxylation is 2. The molecule has 0 fully saturated rings. The number of nitrogens with one attached hydrogen (secondary N) is 1. The summed E-state index contributed by atoms with van der Waals surface area (Å²) in [6, 6.07) is 13.0. The first-order valence-corrected chi connectivity index (χ1v) is 10.6. The minimum absolute atomic E-state index is 0.368. The van der Waals surface area contributed by atoms with Gasteiger partial charge in [0.05, 0.1) is 24.4 Å². The van der Waals surface area contributed by atoms with Gasteiger partial charge in [0, 0.05) is 5.39 Å². The van der Waals surface area contributed by atoms with Crippen LogP contribution in [0.4, 0.5) is 5.69 Å². The highest BCUT2D eigenvalue weighted by molar-refractivity contribution is 7.92. The SMILES string of the molecule is CS(=O)(=O)N(CC(=O)NN=Cc1ccco1)c1ccc2c3c(cccc13)CC2. The van der Waals surface area contributed by atoms with Crippen LogP contribution >= 0.6 is 0 Å². The van der Waals surface area contributed by atoms with E-state index in [0.29, 0.717) is 11.4 Å². The lowest BCUT2D eigenvalue weighted by molar-refractivity contribution is -0.119. The molecule has 28 heavy (non-hydrogen) atoms. The quantitative estimate of drug-likeness (QED) is 0.511. The fourth-order valence-electron chi connectivity index (χ4n) is 3.53. The predicted octanol–water partition coefficient (Wildman–Crippen LogP) is 2.45. The lowest BCUT2D eigenvalue weighted by Gasteiger charge is -2.23. The maximum absolute atomic E-state index is 12.4. The number of anilines is 1. The number of sulfonamides is 1. The third-order valence-electron chi connectivity index (χ3n) is 4.73. The number of benzene rings is 2. The normalized spacial score (nSPS) is 13.3. The van der Waals surface area contributed by atoms with E-state index >= 15 is 0 Å². The van der Waals surface area contributed by atoms with Crippen molar-refractivity contribution in [2.24, 2.45) is 5.10 Å². The predicted molar refractivity (Wildman–Crippen MR) is 108 cm³/mol. The van der Waals surface area contributed by atoms with Crippen LogP contribution in [0.5, 0.6) is 0 Å². The van der Waals surface area contributed by atoms with Gasteiger partial charge in [0.1, 0.15) is 12.3 Å². The average molecular weight is 397 g/mol. The van der Waals surface area contributed by atoms with Crippen molar-refractivity contribution in [3.05, 3.63) is 65.6 Å². The van der Waals surface area contributed by atoms with Gasteiger partial charge in [0.15, 0.2) is 0 Å². The second-order valence-electron chi connectivity index (χ2n) is 6.66. The molecule has 1 aromatic heterocycles. The number of hydrogen-bond donors (Lipinski definition) is 1. The monoisotopic (exact) mass is 397 g/mol. The van der Waals surface area contributed by atoms with E-state index in [1.54, 1.807) is 18.2 Å². The summed E-state index contributed by atoms with van der Waals surface area (Å²) >= 11 is 0. The molecule has 0 saturated heterocycles. The van der Waals surface area contributed by atoms with Gasteiger partial charge in [0.25, 0.3) is 5.91 Å². The Bertz CT molecular complexity index is 1160. The minimum Gasteiger partial charge on any atom is -0.463 e. The number of rotatable bonds is 6. The fraction of sp³-hybridized carbons (Fsp3) is 0.200. The van der Waals surface area contributed by atoms with Crippen LogP contribution in [0.15, 0.2) is 58.2 Å². The molecule has 7 nitrogen and oxygen atoms in total. The molecule has 1 amide bonds. The number of hydrazone groups is 1. The van der Waals surface area contributed by atoms with Crippen molar-refractivity contribution >= 4 is 38.6 Å². The highest BCUT2D eigenvalue weighted by Gasteiger charge is 2.25. The zero-order valence-electron chi connectivity index (χ0n) is 15.3. The van der Waals surface area contributed by atoms with Gasteiger partial charge in [-0.25, -0.2) is 13.8 Å². The van der Waals surface area contributed by atoms with Crippen molar-refractivity contribution in [1.82, 2.24) is 5.43 Å². The summed E-state index contributed by atoms with van der Waals surface area (Å²) in [4.78, 5) is 12.3. The molecule has 0 aliphatic heterocycles. The van der Waals surface area contributed by atoms with Gasteiger partial charge in [0.2, 0.25) is 10.0 Å². The molecule has 0 spiro atoms. The first-order chi connectivity index (χ1) is 13.4. The molecule has 2 aromatic carbocycles. The molecule has 0 saturated carbocycles. The Morgan fingerprint density at radius 2 is 1.96 bits per heavy atom. The van der Waals surface area contributed by atoms with E-state index in [9.17, 15) is 13.2 Å². The summed E-state index contributed by atoms with van der Waals surface area (Å²) in [5.41, 5.74) is 5.24. The maximum atomic E-state index is 12.4. The van der Waals surface area contributed by atoms with Gasteiger partial charge in [-0.3, -0.25) is 9.10 Å². The zero-order chi connectivity index (χ0) is 19.7. The number of carbonyl (C=O) groups excluding carboxylic acids is 1. The van der Waals surface area contributed by atoms with E-state index in [1.807, 2.05) is 18.2 Å². The molecule has 0 atom stereocenters. The van der Waals surface area contributed by atoms with Crippen LogP contribution in [0.2, 0.25) is 0 Å². The van der Waals surface area contributed by atoms with E-state index in [2.05, 4.69) is 16.6 Å². The van der Waals surface area contributed by atoms with Crippen molar-refractivity contribution in [3.63, 3.8) is 0 Å². The van der Waals surface area contributed by atoms with E-state index < -0.39 is 15.9 Å². The van der Waals surface area contributed by atoms with Crippen molar-refractivity contribution in [2.45, 2.75) is 12.8 Å². The highest BCUT2D eigenvalue weighted by atomic mass is 32.2. The highest BCUT2D eigenvalue weighted by Crippen LogP contribution is 2.37. The van der Waals surface area contributed by atoms with Gasteiger partial charge in [-0.2, -0.15) is 5.10 Å². The number of furan rings is 1. The zero-order valence-corrected chi connectivity index (χ0v) is 16.1. The first-order valence-electron chi connectivity index (χ1n) is 8.80. The molecule has 144 valence electrons. The molecule has 1 aliphatic carbocycles. The lowest BCUT2D eigenvalue weighted by Crippen LogP contribution is -2.39. The van der Waals surface area contributed by atoms with Crippen molar-refractivity contribution in [1.29, 1.82) is 0 Å². The maximum Gasteiger partial charge on any atom is 0.260 e. The van der Waals surface area contributed by atoms with Crippen LogP contribution in [0.3, 0.4) is 0 Å². The van der Waals surface area contributed by atoms with Crippen LogP contribution < -0.4 is 9.73 Å². The number of carbonyl (C=O) groups is 1. The van der Waals surface area contributed by atoms with Gasteiger partial charge in [-0.1, -0.05) is 24.3 Å². The standard InChI is InChI=1S/C20H19N3O4S/c1-28(25,26)23(13-19(24)22-21-12-16-5-3-11-27-16)18-10-9-15-8-7-14-4-2-6-17(18)20(14)15/h2-6,9-12H,7-8,13H2,1H3,(H,22,24). The third-order valence-corrected chi connectivity index (χ3v) is 5.86. The van der Waals surface area contributed by atoms with Gasteiger partial charge in [-0.15, -0.1) is 0 Å². The van der Waals surface area contributed by atoms with Crippen molar-refractivity contribution < 1.29 is 17.6 Å². The van der Waals surface area contributed by atoms with Gasteiger partial charge < -0.3 is 4.42 Å². The Kier molecular flexibility index (Phi) is 4.64. The Morgan fingerprint density at radius 1 is 1.18 bits per heavy atom. The third kappa shape index (κ3) is 3.50. The molecular formula is C20H19N3O4S. The van der Waals surface area contributed by atoms with E-state index in [1.165, 1.54) is 23.6 Å². The molecule has 0 radical (unpaired) electrons. The summed E-state index contributed by atoms with van der Waals surface area (Å²) in [7, 11) is -3.68. The number of amides is 1. The van der Waals surface area contributed by atoms with Crippen LogP contribution in [-0.2, 0) is 27.7 Å². The first kappa shape index (κ1) is 18.2. The van der Waals surface area contributed by atoms with Gasteiger partial charge in [-0.05, 0) is 47.6 Å². The van der Waals surface area contributed by atoms with E-state index in [0.717, 1.165) is 34.2 Å². The Balaban J connectivity index is 1.63.